The second kappa shape index (κ2) is 12.7. The zero-order valence-corrected chi connectivity index (χ0v) is 24.0. The van der Waals surface area contributed by atoms with Crippen molar-refractivity contribution in [3.05, 3.63) is 106 Å². The fraction of sp³-hybridized carbons (Fsp3) is 0.200. The monoisotopic (exact) mass is 591 g/mol. The van der Waals surface area contributed by atoms with Crippen LogP contribution in [0.2, 0.25) is 5.02 Å². The van der Waals surface area contributed by atoms with Crippen molar-refractivity contribution in [3.63, 3.8) is 0 Å². The summed E-state index contributed by atoms with van der Waals surface area (Å²) in [5, 5.41) is 20.6. The van der Waals surface area contributed by atoms with E-state index < -0.39 is 17.7 Å². The zero-order valence-electron chi connectivity index (χ0n) is 21.6. The van der Waals surface area contributed by atoms with Gasteiger partial charge in [0, 0.05) is 16.3 Å². The summed E-state index contributed by atoms with van der Waals surface area (Å²) >= 11 is 9.01. The Morgan fingerprint density at radius 3 is 2.55 bits per heavy atom. The Kier molecular flexibility index (Phi) is 8.84. The molecule has 1 aromatic heterocycles. The minimum Gasteiger partial charge on any atom is -0.507 e. The number of nitrogens with zero attached hydrogens (tertiary/aromatic N) is 3. The Morgan fingerprint density at radius 1 is 1.05 bits per heavy atom. The van der Waals surface area contributed by atoms with Crippen LogP contribution in [0, 0.1) is 0 Å². The van der Waals surface area contributed by atoms with Crippen molar-refractivity contribution < 1.29 is 19.4 Å². The highest BCUT2D eigenvalue weighted by Gasteiger charge is 2.48. The van der Waals surface area contributed by atoms with Gasteiger partial charge >= 0.3 is 5.91 Å². The molecule has 1 N–H and O–H groups in total. The highest BCUT2D eigenvalue weighted by molar-refractivity contribution is 8.00. The molecule has 4 aromatic rings. The average molecular weight is 592 g/mol. The van der Waals surface area contributed by atoms with Crippen LogP contribution in [0.1, 0.15) is 42.5 Å². The van der Waals surface area contributed by atoms with Gasteiger partial charge in [-0.25, -0.2) is 0 Å². The number of aromatic nitrogens is 2. The molecular formula is C30H26ClN3O4S2. The van der Waals surface area contributed by atoms with Crippen LogP contribution in [-0.2, 0) is 15.3 Å². The number of anilines is 1. The van der Waals surface area contributed by atoms with Crippen LogP contribution in [-0.4, -0.2) is 33.6 Å². The third kappa shape index (κ3) is 6.06. The average Bonchev–Trinajstić information content (AvgIpc) is 3.54. The number of amides is 1. The van der Waals surface area contributed by atoms with Crippen molar-refractivity contribution in [1.29, 1.82) is 0 Å². The van der Waals surface area contributed by atoms with Gasteiger partial charge in [0.15, 0.2) is 4.34 Å². The summed E-state index contributed by atoms with van der Waals surface area (Å²) < 4.78 is 6.37. The number of aliphatic hydroxyl groups is 1. The standard InChI is InChI=1S/C30H26ClN3O4S2/c1-2-3-16-38-23-14-12-20(13-15-23)26(35)24-25(21-10-7-11-22(31)17-21)34(28(37)27(24)36)29-32-33-30(40-29)39-18-19-8-5-4-6-9-19/h4-15,17,25,35H,2-3,16,18H2,1H3/t25-/m1/s1. The summed E-state index contributed by atoms with van der Waals surface area (Å²) in [4.78, 5) is 28.1. The number of halogens is 1. The lowest BCUT2D eigenvalue weighted by Gasteiger charge is -2.22. The number of benzene rings is 3. The largest absolute Gasteiger partial charge is 0.507 e. The van der Waals surface area contributed by atoms with Crippen LogP contribution in [0.5, 0.6) is 5.75 Å². The number of ether oxygens (including phenoxy) is 1. The Bertz CT molecular complexity index is 1540. The van der Waals surface area contributed by atoms with Crippen LogP contribution >= 0.6 is 34.7 Å². The fourth-order valence-electron chi connectivity index (χ4n) is 4.30. The van der Waals surface area contributed by atoms with E-state index in [1.54, 1.807) is 48.5 Å². The van der Waals surface area contributed by atoms with Gasteiger partial charge < -0.3 is 9.84 Å². The highest BCUT2D eigenvalue weighted by Crippen LogP contribution is 2.44. The molecule has 0 saturated carbocycles. The summed E-state index contributed by atoms with van der Waals surface area (Å²) in [6.07, 6.45) is 1.95. The van der Waals surface area contributed by atoms with E-state index in [9.17, 15) is 14.7 Å². The molecule has 7 nitrogen and oxygen atoms in total. The number of ketones is 1. The van der Waals surface area contributed by atoms with Gasteiger partial charge in [-0.3, -0.25) is 14.5 Å². The van der Waals surface area contributed by atoms with Crippen molar-refractivity contribution in [2.75, 3.05) is 11.5 Å². The summed E-state index contributed by atoms with van der Waals surface area (Å²) in [7, 11) is 0. The van der Waals surface area contributed by atoms with Crippen LogP contribution in [0.4, 0.5) is 5.13 Å². The molecule has 1 amide bonds. The summed E-state index contributed by atoms with van der Waals surface area (Å²) in [5.41, 5.74) is 2.05. The molecule has 1 fully saturated rings. The van der Waals surface area contributed by atoms with Gasteiger partial charge in [-0.1, -0.05) is 90.5 Å². The van der Waals surface area contributed by atoms with E-state index in [0.29, 0.717) is 38.6 Å². The molecular weight excluding hydrogens is 566 g/mol. The first-order chi connectivity index (χ1) is 19.5. The molecule has 0 bridgehead atoms. The van der Waals surface area contributed by atoms with Gasteiger partial charge in [-0.05, 0) is 53.9 Å². The van der Waals surface area contributed by atoms with Crippen molar-refractivity contribution in [3.8, 4) is 5.75 Å². The lowest BCUT2D eigenvalue weighted by atomic mass is 9.95. The van der Waals surface area contributed by atoms with Crippen molar-refractivity contribution >= 4 is 57.3 Å². The van der Waals surface area contributed by atoms with Gasteiger partial charge in [0.25, 0.3) is 5.78 Å². The fourth-order valence-corrected chi connectivity index (χ4v) is 6.32. The van der Waals surface area contributed by atoms with Gasteiger partial charge in [-0.15, -0.1) is 10.2 Å². The number of hydrogen-bond donors (Lipinski definition) is 1. The molecule has 2 heterocycles. The molecule has 0 radical (unpaired) electrons. The van der Waals surface area contributed by atoms with Crippen LogP contribution < -0.4 is 9.64 Å². The maximum atomic E-state index is 13.4. The lowest BCUT2D eigenvalue weighted by molar-refractivity contribution is -0.132. The first kappa shape index (κ1) is 27.9. The van der Waals surface area contributed by atoms with Gasteiger partial charge in [-0.2, -0.15) is 0 Å². The molecule has 0 unspecified atom stereocenters. The number of hydrogen-bond acceptors (Lipinski definition) is 8. The van der Waals surface area contributed by atoms with Crippen molar-refractivity contribution in [2.24, 2.45) is 0 Å². The highest BCUT2D eigenvalue weighted by atomic mass is 35.5. The topological polar surface area (TPSA) is 92.6 Å². The Balaban J connectivity index is 1.49. The molecule has 1 aliphatic rings. The molecule has 0 spiro atoms. The predicted molar refractivity (Wildman–Crippen MR) is 159 cm³/mol. The number of carbonyl (C=O) groups excluding carboxylic acids is 2. The maximum absolute atomic E-state index is 13.4. The predicted octanol–water partition coefficient (Wildman–Crippen LogP) is 7.29. The van der Waals surface area contributed by atoms with E-state index in [0.717, 1.165) is 18.4 Å². The number of thioether (sulfide) groups is 1. The molecule has 40 heavy (non-hydrogen) atoms. The van der Waals surface area contributed by atoms with Gasteiger partial charge in [0.1, 0.15) is 11.5 Å². The molecule has 3 aromatic carbocycles. The Labute approximate surface area is 245 Å². The zero-order chi connectivity index (χ0) is 28.1. The number of aliphatic hydroxyl groups excluding tert-OH is 1. The number of unbranched alkanes of at least 4 members (excludes halogenated alkanes) is 1. The number of carbonyl (C=O) groups is 2. The van der Waals surface area contributed by atoms with E-state index in [-0.39, 0.29) is 16.5 Å². The number of Topliss-reactive ketones (excluding diaryl/α,β-unsaturated/α-hetero) is 1. The van der Waals surface area contributed by atoms with Crippen molar-refractivity contribution in [2.45, 2.75) is 35.9 Å². The second-order valence-electron chi connectivity index (χ2n) is 9.08. The maximum Gasteiger partial charge on any atom is 0.301 e. The van der Waals surface area contributed by atoms with Gasteiger partial charge in [0.05, 0.1) is 18.2 Å². The van der Waals surface area contributed by atoms with Crippen molar-refractivity contribution in [1.82, 2.24) is 10.2 Å². The lowest BCUT2D eigenvalue weighted by Crippen LogP contribution is -2.29. The molecule has 1 aliphatic heterocycles. The van der Waals surface area contributed by atoms with Gasteiger partial charge in [0.2, 0.25) is 5.13 Å². The molecule has 1 saturated heterocycles. The third-order valence-corrected chi connectivity index (χ3v) is 8.67. The Hall–Kier alpha value is -3.66. The summed E-state index contributed by atoms with van der Waals surface area (Å²) in [6.45, 7) is 2.68. The number of rotatable bonds is 10. The van der Waals surface area contributed by atoms with Crippen LogP contribution in [0.3, 0.4) is 0 Å². The molecule has 0 aliphatic carbocycles. The Morgan fingerprint density at radius 2 is 1.82 bits per heavy atom. The van der Waals surface area contributed by atoms with E-state index in [2.05, 4.69) is 17.1 Å². The van der Waals surface area contributed by atoms with Crippen LogP contribution in [0.15, 0.2) is 88.8 Å². The molecule has 10 heteroatoms. The van der Waals surface area contributed by atoms with E-state index in [1.807, 2.05) is 30.3 Å². The minimum atomic E-state index is -0.931. The summed E-state index contributed by atoms with van der Waals surface area (Å²) in [6, 6.07) is 22.7. The SMILES string of the molecule is CCCCOc1ccc(C(O)=C2C(=O)C(=O)N(c3nnc(SCc4ccccc4)s3)[C@@H]2c2cccc(Cl)c2)cc1. The van der Waals surface area contributed by atoms with E-state index in [4.69, 9.17) is 16.3 Å². The second-order valence-corrected chi connectivity index (χ2v) is 11.7. The normalized spacial score (nSPS) is 16.4. The smallest absolute Gasteiger partial charge is 0.301 e. The molecule has 204 valence electrons. The summed E-state index contributed by atoms with van der Waals surface area (Å²) in [5.74, 6) is -0.536. The third-order valence-electron chi connectivity index (χ3n) is 6.31. The van der Waals surface area contributed by atoms with E-state index in [1.165, 1.54) is 28.0 Å². The first-order valence-corrected chi connectivity index (χ1v) is 14.9. The molecule has 1 atom stereocenters. The molecule has 5 rings (SSSR count). The minimum absolute atomic E-state index is 0.0411. The van der Waals surface area contributed by atoms with Crippen LogP contribution in [0.25, 0.3) is 5.76 Å². The van der Waals surface area contributed by atoms with E-state index >= 15 is 0 Å². The quantitative estimate of drug-likeness (QED) is 0.0517. The first-order valence-electron chi connectivity index (χ1n) is 12.8.